The molecule has 4 rings (SSSR count). The van der Waals surface area contributed by atoms with Crippen molar-refractivity contribution >= 4 is 27.4 Å². The number of nitrogens with one attached hydrogen (secondary N) is 1. The first kappa shape index (κ1) is 18.5. The molecule has 0 amide bonds. The van der Waals surface area contributed by atoms with E-state index in [0.29, 0.717) is 0 Å². The van der Waals surface area contributed by atoms with E-state index in [9.17, 15) is 0 Å². The van der Waals surface area contributed by atoms with Crippen molar-refractivity contribution in [2.24, 2.45) is 0 Å². The lowest BCUT2D eigenvalue weighted by atomic mass is 10.1. The van der Waals surface area contributed by atoms with Crippen molar-refractivity contribution in [1.82, 2.24) is 20.2 Å². The standard InChI is InChI=1S/C22H23N5S/c1-3-20-25-21(18-14-15(2)28-22(18)26-20)23-12-4-6-16-8-10-17(11-9-16)19-7-5-13-24-27-19/h5,7-11,13-14H,3-4,6,12H2,1-2H3,(H,23,25,26). The number of anilines is 1. The van der Waals surface area contributed by atoms with Gasteiger partial charge in [-0.1, -0.05) is 31.2 Å². The average molecular weight is 390 g/mol. The van der Waals surface area contributed by atoms with Crippen LogP contribution >= 0.6 is 11.3 Å². The van der Waals surface area contributed by atoms with Gasteiger partial charge in [-0.2, -0.15) is 10.2 Å². The molecule has 5 nitrogen and oxygen atoms in total. The highest BCUT2D eigenvalue weighted by Gasteiger charge is 2.09. The topological polar surface area (TPSA) is 63.6 Å². The number of nitrogens with zero attached hydrogens (tertiary/aromatic N) is 4. The summed E-state index contributed by atoms with van der Waals surface area (Å²) in [6.07, 6.45) is 4.60. The SMILES string of the molecule is CCc1nc(NCCCc2ccc(-c3cccnn3)cc2)c2cc(C)sc2n1. The second kappa shape index (κ2) is 8.44. The monoisotopic (exact) mass is 389 g/mol. The molecule has 3 heterocycles. The molecule has 4 aromatic rings. The summed E-state index contributed by atoms with van der Waals surface area (Å²) in [6.45, 7) is 5.10. The number of fused-ring (bicyclic) bond motifs is 1. The first-order chi connectivity index (χ1) is 13.7. The molecule has 0 radical (unpaired) electrons. The third kappa shape index (κ3) is 4.17. The Hall–Kier alpha value is -2.86. The highest BCUT2D eigenvalue weighted by molar-refractivity contribution is 7.18. The fourth-order valence-corrected chi connectivity index (χ4v) is 4.07. The van der Waals surface area contributed by atoms with Gasteiger partial charge in [0.2, 0.25) is 0 Å². The molecule has 0 aliphatic heterocycles. The molecule has 0 aliphatic carbocycles. The van der Waals surface area contributed by atoms with Gasteiger partial charge in [0.05, 0.1) is 11.1 Å². The Balaban J connectivity index is 1.36. The molecule has 0 saturated carbocycles. The van der Waals surface area contributed by atoms with Crippen molar-refractivity contribution in [2.75, 3.05) is 11.9 Å². The minimum Gasteiger partial charge on any atom is -0.369 e. The zero-order valence-corrected chi connectivity index (χ0v) is 17.0. The highest BCUT2D eigenvalue weighted by atomic mass is 32.1. The summed E-state index contributed by atoms with van der Waals surface area (Å²) in [5.74, 6) is 1.86. The summed E-state index contributed by atoms with van der Waals surface area (Å²) < 4.78 is 0. The van der Waals surface area contributed by atoms with Crippen LogP contribution in [0, 0.1) is 6.92 Å². The van der Waals surface area contributed by atoms with Crippen molar-refractivity contribution in [3.8, 4) is 11.3 Å². The van der Waals surface area contributed by atoms with E-state index in [-0.39, 0.29) is 0 Å². The molecule has 3 aromatic heterocycles. The van der Waals surface area contributed by atoms with E-state index in [1.807, 2.05) is 12.1 Å². The van der Waals surface area contributed by atoms with E-state index in [0.717, 1.165) is 58.9 Å². The van der Waals surface area contributed by atoms with Gasteiger partial charge in [-0.25, -0.2) is 9.97 Å². The molecule has 1 aromatic carbocycles. The number of aromatic nitrogens is 4. The van der Waals surface area contributed by atoms with E-state index in [2.05, 4.69) is 64.7 Å². The van der Waals surface area contributed by atoms with Crippen LogP contribution in [0.4, 0.5) is 5.82 Å². The summed E-state index contributed by atoms with van der Waals surface area (Å²) in [5.41, 5.74) is 3.32. The summed E-state index contributed by atoms with van der Waals surface area (Å²) in [4.78, 5) is 11.7. The van der Waals surface area contributed by atoms with Crippen molar-refractivity contribution in [3.63, 3.8) is 0 Å². The molecule has 0 unspecified atom stereocenters. The quantitative estimate of drug-likeness (QED) is 0.447. The lowest BCUT2D eigenvalue weighted by Crippen LogP contribution is -2.07. The molecule has 0 aliphatic rings. The Bertz CT molecular complexity index is 1060. The van der Waals surface area contributed by atoms with Crippen molar-refractivity contribution in [3.05, 3.63) is 64.9 Å². The summed E-state index contributed by atoms with van der Waals surface area (Å²) >= 11 is 1.73. The van der Waals surface area contributed by atoms with Gasteiger partial charge in [0.25, 0.3) is 0 Å². The maximum absolute atomic E-state index is 4.69. The number of rotatable bonds is 7. The summed E-state index contributed by atoms with van der Waals surface area (Å²) in [7, 11) is 0. The van der Waals surface area contributed by atoms with Crippen LogP contribution in [0.1, 0.15) is 29.6 Å². The molecule has 0 atom stereocenters. The Morgan fingerprint density at radius 1 is 1.07 bits per heavy atom. The molecule has 6 heteroatoms. The van der Waals surface area contributed by atoms with Gasteiger partial charge >= 0.3 is 0 Å². The largest absolute Gasteiger partial charge is 0.369 e. The fourth-order valence-electron chi connectivity index (χ4n) is 3.18. The van der Waals surface area contributed by atoms with Gasteiger partial charge in [-0.05, 0) is 43.5 Å². The van der Waals surface area contributed by atoms with Crippen LogP contribution in [0.25, 0.3) is 21.5 Å². The van der Waals surface area contributed by atoms with E-state index >= 15 is 0 Å². The van der Waals surface area contributed by atoms with Crippen LogP contribution in [0.5, 0.6) is 0 Å². The predicted molar refractivity (Wildman–Crippen MR) is 116 cm³/mol. The van der Waals surface area contributed by atoms with Crippen molar-refractivity contribution in [1.29, 1.82) is 0 Å². The Kier molecular flexibility index (Phi) is 5.58. The van der Waals surface area contributed by atoms with Crippen LogP contribution < -0.4 is 5.32 Å². The second-order valence-corrected chi connectivity index (χ2v) is 7.99. The van der Waals surface area contributed by atoms with E-state index in [1.165, 1.54) is 10.4 Å². The first-order valence-electron chi connectivity index (χ1n) is 9.61. The highest BCUT2D eigenvalue weighted by Crippen LogP contribution is 2.28. The van der Waals surface area contributed by atoms with Crippen LogP contribution in [0.2, 0.25) is 0 Å². The lowest BCUT2D eigenvalue weighted by Gasteiger charge is -2.09. The Labute approximate surface area is 168 Å². The molecule has 0 saturated heterocycles. The molecule has 0 fully saturated rings. The van der Waals surface area contributed by atoms with E-state index in [1.54, 1.807) is 17.5 Å². The van der Waals surface area contributed by atoms with Crippen molar-refractivity contribution in [2.45, 2.75) is 33.1 Å². The van der Waals surface area contributed by atoms with Crippen LogP contribution in [-0.4, -0.2) is 26.7 Å². The van der Waals surface area contributed by atoms with Crippen LogP contribution in [0.3, 0.4) is 0 Å². The average Bonchev–Trinajstić information content (AvgIpc) is 3.12. The summed E-state index contributed by atoms with van der Waals surface area (Å²) in [6, 6.07) is 14.6. The third-order valence-electron chi connectivity index (χ3n) is 4.64. The predicted octanol–water partition coefficient (Wildman–Crippen LogP) is 5.06. The van der Waals surface area contributed by atoms with Crippen LogP contribution in [-0.2, 0) is 12.8 Å². The molecular weight excluding hydrogens is 366 g/mol. The van der Waals surface area contributed by atoms with Crippen molar-refractivity contribution < 1.29 is 0 Å². The normalized spacial score (nSPS) is 11.1. The number of aryl methyl sites for hydroxylation is 3. The van der Waals surface area contributed by atoms with Crippen LogP contribution in [0.15, 0.2) is 48.7 Å². The number of hydrogen-bond acceptors (Lipinski definition) is 6. The van der Waals surface area contributed by atoms with Gasteiger partial charge in [0.15, 0.2) is 0 Å². The number of hydrogen-bond donors (Lipinski definition) is 1. The third-order valence-corrected chi connectivity index (χ3v) is 5.58. The van der Waals surface area contributed by atoms with Gasteiger partial charge in [0.1, 0.15) is 16.5 Å². The molecule has 1 N–H and O–H groups in total. The minimum atomic E-state index is 0.847. The van der Waals surface area contributed by atoms with Gasteiger partial charge in [0, 0.05) is 29.6 Å². The Morgan fingerprint density at radius 3 is 2.68 bits per heavy atom. The zero-order chi connectivity index (χ0) is 19.3. The maximum atomic E-state index is 4.69. The minimum absolute atomic E-state index is 0.847. The molecule has 0 spiro atoms. The Morgan fingerprint density at radius 2 is 1.93 bits per heavy atom. The summed E-state index contributed by atoms with van der Waals surface area (Å²) in [5, 5.41) is 12.8. The molecule has 28 heavy (non-hydrogen) atoms. The van der Waals surface area contributed by atoms with Gasteiger partial charge < -0.3 is 5.32 Å². The smallest absolute Gasteiger partial charge is 0.138 e. The number of thiophene rings is 1. The maximum Gasteiger partial charge on any atom is 0.138 e. The van der Waals surface area contributed by atoms with E-state index < -0.39 is 0 Å². The second-order valence-electron chi connectivity index (χ2n) is 6.75. The fraction of sp³-hybridized carbons (Fsp3) is 0.273. The molecular formula is C22H23N5S. The lowest BCUT2D eigenvalue weighted by molar-refractivity contribution is 0.855. The number of benzene rings is 1. The van der Waals surface area contributed by atoms with Gasteiger partial charge in [-0.3, -0.25) is 0 Å². The van der Waals surface area contributed by atoms with Gasteiger partial charge in [-0.15, -0.1) is 11.3 Å². The first-order valence-corrected chi connectivity index (χ1v) is 10.4. The molecule has 142 valence electrons. The zero-order valence-electron chi connectivity index (χ0n) is 16.1. The van der Waals surface area contributed by atoms with E-state index in [4.69, 9.17) is 4.98 Å². The molecule has 0 bridgehead atoms.